The first-order chi connectivity index (χ1) is 14.1. The number of carbonyl (C=O) groups excluding carboxylic acids is 3. The van der Waals surface area contributed by atoms with Gasteiger partial charge < -0.3 is 19.3 Å². The van der Waals surface area contributed by atoms with Crippen LogP contribution < -0.4 is 9.47 Å². The van der Waals surface area contributed by atoms with Crippen LogP contribution in [0.1, 0.15) is 15.2 Å². The Kier molecular flexibility index (Phi) is 4.39. The van der Waals surface area contributed by atoms with Crippen LogP contribution >= 0.6 is 11.3 Å². The first-order valence-corrected chi connectivity index (χ1v) is 10.3. The third kappa shape index (κ3) is 3.11. The standard InChI is InChI=1S/C20H19N3O5S/c24-18(13-3-4-16-17(10-13)28-12-27-16)21-7-8-22-15(11-21)19(25)23(20(22)26)6-5-14-2-1-9-29-14/h1-4,9-10,15H,5-8,11-12H2. The molecule has 0 radical (unpaired) electrons. The second kappa shape index (κ2) is 7.07. The smallest absolute Gasteiger partial charge is 0.327 e. The van der Waals surface area contributed by atoms with Crippen LogP contribution in [0, 0.1) is 0 Å². The molecule has 0 spiro atoms. The summed E-state index contributed by atoms with van der Waals surface area (Å²) in [6.45, 7) is 1.45. The lowest BCUT2D eigenvalue weighted by atomic mass is 10.1. The summed E-state index contributed by atoms with van der Waals surface area (Å²) in [5.41, 5.74) is 0.481. The van der Waals surface area contributed by atoms with Crippen molar-refractivity contribution in [1.82, 2.24) is 14.7 Å². The molecular formula is C20H19N3O5S. The average molecular weight is 413 g/mol. The predicted octanol–water partition coefficient (Wildman–Crippen LogP) is 1.81. The maximum absolute atomic E-state index is 12.9. The minimum Gasteiger partial charge on any atom is -0.454 e. The molecule has 8 nitrogen and oxygen atoms in total. The summed E-state index contributed by atoms with van der Waals surface area (Å²) in [6.07, 6.45) is 0.648. The van der Waals surface area contributed by atoms with Crippen molar-refractivity contribution in [2.24, 2.45) is 0 Å². The summed E-state index contributed by atoms with van der Waals surface area (Å²) in [5, 5.41) is 1.98. The van der Waals surface area contributed by atoms with Gasteiger partial charge in [-0.05, 0) is 36.1 Å². The highest BCUT2D eigenvalue weighted by atomic mass is 32.1. The zero-order valence-electron chi connectivity index (χ0n) is 15.6. The van der Waals surface area contributed by atoms with E-state index >= 15 is 0 Å². The van der Waals surface area contributed by atoms with E-state index in [1.807, 2.05) is 17.5 Å². The molecule has 4 heterocycles. The van der Waals surface area contributed by atoms with Gasteiger partial charge in [0.1, 0.15) is 6.04 Å². The first-order valence-electron chi connectivity index (χ1n) is 9.45. The van der Waals surface area contributed by atoms with Gasteiger partial charge in [-0.25, -0.2) is 4.79 Å². The number of carbonyl (C=O) groups is 3. The van der Waals surface area contributed by atoms with Gasteiger partial charge in [0.2, 0.25) is 6.79 Å². The van der Waals surface area contributed by atoms with E-state index in [1.165, 1.54) is 4.90 Å². The van der Waals surface area contributed by atoms with Gasteiger partial charge in [-0.3, -0.25) is 14.5 Å². The van der Waals surface area contributed by atoms with E-state index in [-0.39, 0.29) is 31.2 Å². The lowest BCUT2D eigenvalue weighted by Crippen LogP contribution is -2.54. The monoisotopic (exact) mass is 413 g/mol. The highest BCUT2D eigenvalue weighted by Crippen LogP contribution is 2.33. The van der Waals surface area contributed by atoms with E-state index in [0.717, 1.165) is 4.88 Å². The number of hydrogen-bond donors (Lipinski definition) is 0. The van der Waals surface area contributed by atoms with Crippen molar-refractivity contribution in [2.75, 3.05) is 33.0 Å². The third-order valence-corrected chi connectivity index (χ3v) is 6.41. The Morgan fingerprint density at radius 3 is 2.83 bits per heavy atom. The normalized spacial score (nSPS) is 20.4. The highest BCUT2D eigenvalue weighted by molar-refractivity contribution is 7.09. The van der Waals surface area contributed by atoms with Crippen molar-refractivity contribution in [1.29, 1.82) is 0 Å². The number of nitrogens with zero attached hydrogens (tertiary/aromatic N) is 3. The fraction of sp³-hybridized carbons (Fsp3) is 0.350. The molecule has 3 aliphatic heterocycles. The van der Waals surface area contributed by atoms with E-state index in [1.54, 1.807) is 39.3 Å². The summed E-state index contributed by atoms with van der Waals surface area (Å²) < 4.78 is 10.6. The third-order valence-electron chi connectivity index (χ3n) is 5.48. The van der Waals surface area contributed by atoms with Gasteiger partial charge in [0.25, 0.3) is 11.8 Å². The molecule has 1 unspecified atom stereocenters. The zero-order chi connectivity index (χ0) is 20.0. The van der Waals surface area contributed by atoms with E-state index in [9.17, 15) is 14.4 Å². The van der Waals surface area contributed by atoms with Crippen LogP contribution in [0.2, 0.25) is 0 Å². The second-order valence-electron chi connectivity index (χ2n) is 7.13. The number of ether oxygens (including phenoxy) is 2. The summed E-state index contributed by atoms with van der Waals surface area (Å²) in [7, 11) is 0. The molecular weight excluding hydrogens is 394 g/mol. The Bertz CT molecular complexity index is 977. The molecule has 0 aliphatic carbocycles. The van der Waals surface area contributed by atoms with Crippen molar-refractivity contribution >= 4 is 29.2 Å². The minimum atomic E-state index is -0.613. The van der Waals surface area contributed by atoms with Crippen molar-refractivity contribution in [3.05, 3.63) is 46.2 Å². The molecule has 2 fully saturated rings. The molecule has 3 aliphatic rings. The van der Waals surface area contributed by atoms with Gasteiger partial charge in [0, 0.05) is 30.1 Å². The number of fused-ring (bicyclic) bond motifs is 2. The average Bonchev–Trinajstić information content (AvgIpc) is 3.47. The summed E-state index contributed by atoms with van der Waals surface area (Å²) in [4.78, 5) is 44.2. The van der Waals surface area contributed by atoms with Gasteiger partial charge in [-0.2, -0.15) is 0 Å². The number of imide groups is 1. The second-order valence-corrected chi connectivity index (χ2v) is 8.16. The minimum absolute atomic E-state index is 0.144. The lowest BCUT2D eigenvalue weighted by Gasteiger charge is -2.35. The Morgan fingerprint density at radius 1 is 1.14 bits per heavy atom. The molecule has 1 aromatic carbocycles. The van der Waals surface area contributed by atoms with Gasteiger partial charge in [-0.15, -0.1) is 11.3 Å². The van der Waals surface area contributed by atoms with Gasteiger partial charge in [-0.1, -0.05) is 6.07 Å². The van der Waals surface area contributed by atoms with Crippen molar-refractivity contribution < 1.29 is 23.9 Å². The summed E-state index contributed by atoms with van der Waals surface area (Å²) in [6, 6.07) is 8.14. The molecule has 0 N–H and O–H groups in total. The number of piperazine rings is 1. The Labute approximate surface area is 171 Å². The van der Waals surface area contributed by atoms with Gasteiger partial charge >= 0.3 is 6.03 Å². The van der Waals surface area contributed by atoms with E-state index in [4.69, 9.17) is 9.47 Å². The predicted molar refractivity (Wildman–Crippen MR) is 104 cm³/mol. The molecule has 4 amide bonds. The molecule has 9 heteroatoms. The van der Waals surface area contributed by atoms with Crippen LogP contribution in [0.25, 0.3) is 0 Å². The van der Waals surface area contributed by atoms with Crippen molar-refractivity contribution in [3.63, 3.8) is 0 Å². The van der Waals surface area contributed by atoms with Crippen molar-refractivity contribution in [3.8, 4) is 11.5 Å². The topological polar surface area (TPSA) is 79.4 Å². The van der Waals surface area contributed by atoms with Crippen LogP contribution in [-0.4, -0.2) is 71.6 Å². The van der Waals surface area contributed by atoms with Crippen LogP contribution in [0.4, 0.5) is 4.79 Å². The van der Waals surface area contributed by atoms with E-state index in [2.05, 4.69) is 0 Å². The molecule has 0 saturated carbocycles. The molecule has 5 rings (SSSR count). The maximum Gasteiger partial charge on any atom is 0.327 e. The lowest BCUT2D eigenvalue weighted by molar-refractivity contribution is -0.129. The number of thiophene rings is 1. The van der Waals surface area contributed by atoms with Gasteiger partial charge in [0.05, 0.1) is 6.54 Å². The van der Waals surface area contributed by atoms with Crippen LogP contribution in [-0.2, 0) is 11.2 Å². The number of urea groups is 1. The Hall–Kier alpha value is -3.07. The quantitative estimate of drug-likeness (QED) is 0.715. The molecule has 29 heavy (non-hydrogen) atoms. The number of rotatable bonds is 4. The van der Waals surface area contributed by atoms with Crippen LogP contribution in [0.3, 0.4) is 0 Å². The van der Waals surface area contributed by atoms with E-state index < -0.39 is 6.04 Å². The molecule has 2 aromatic rings. The van der Waals surface area contributed by atoms with Crippen molar-refractivity contribution in [2.45, 2.75) is 12.5 Å². The summed E-state index contributed by atoms with van der Waals surface area (Å²) in [5.74, 6) is 0.751. The highest BCUT2D eigenvalue weighted by Gasteiger charge is 2.48. The molecule has 0 bridgehead atoms. The summed E-state index contributed by atoms with van der Waals surface area (Å²) >= 11 is 1.61. The van der Waals surface area contributed by atoms with E-state index in [0.29, 0.717) is 43.1 Å². The van der Waals surface area contributed by atoms with Crippen LogP contribution in [0.15, 0.2) is 35.7 Å². The number of amides is 4. The largest absolute Gasteiger partial charge is 0.454 e. The number of benzene rings is 1. The fourth-order valence-electron chi connectivity index (χ4n) is 3.93. The molecule has 1 atom stereocenters. The SMILES string of the molecule is O=C(c1ccc2c(c1)OCO2)N1CCN2C(=O)N(CCc3cccs3)C(=O)C2C1. The first kappa shape index (κ1) is 18.0. The molecule has 2 saturated heterocycles. The van der Waals surface area contributed by atoms with Gasteiger partial charge in [0.15, 0.2) is 11.5 Å². The number of hydrogen-bond acceptors (Lipinski definition) is 6. The zero-order valence-corrected chi connectivity index (χ0v) is 16.4. The molecule has 1 aromatic heterocycles. The Balaban J connectivity index is 1.28. The molecule has 150 valence electrons. The maximum atomic E-state index is 12.9. The fourth-order valence-corrected chi connectivity index (χ4v) is 4.63. The van der Waals surface area contributed by atoms with Crippen LogP contribution in [0.5, 0.6) is 11.5 Å². The Morgan fingerprint density at radius 2 is 2.00 bits per heavy atom.